The number of aromatic nitrogens is 4. The van der Waals surface area contributed by atoms with Crippen LogP contribution < -0.4 is 5.32 Å². The van der Waals surface area contributed by atoms with Crippen molar-refractivity contribution in [2.45, 2.75) is 36.8 Å². The number of hydrogen-bond donors (Lipinski definition) is 3. The molecule has 0 spiro atoms. The molecule has 1 amide bonds. The summed E-state index contributed by atoms with van der Waals surface area (Å²) in [4.78, 5) is 32.5. The third-order valence-corrected chi connectivity index (χ3v) is 9.13. The van der Waals surface area contributed by atoms with Crippen molar-refractivity contribution < 1.29 is 13.6 Å². The van der Waals surface area contributed by atoms with Gasteiger partial charge in [0.2, 0.25) is 5.91 Å². The number of alkyl halides is 2. The SMILES string of the molecule is CN(C)[C@@H](C(=O)N1C[C@@H](F)[C@@H](c2ncc(-c3ccc(-c4ccc(-c5cnc(C6NCC[C@H]6F)[nH]5)cc4)cc3)[nH]2)C1)c1ccccc1. The Labute approximate surface area is 266 Å². The van der Waals surface area contributed by atoms with Gasteiger partial charge in [-0.15, -0.1) is 0 Å². The lowest BCUT2D eigenvalue weighted by Crippen LogP contribution is -2.39. The molecule has 0 aliphatic carbocycles. The lowest BCUT2D eigenvalue weighted by molar-refractivity contribution is -0.135. The summed E-state index contributed by atoms with van der Waals surface area (Å²) in [7, 11) is 3.73. The maximum atomic E-state index is 15.3. The molecule has 236 valence electrons. The lowest BCUT2D eigenvalue weighted by Gasteiger charge is -2.28. The fourth-order valence-electron chi connectivity index (χ4n) is 6.61. The van der Waals surface area contributed by atoms with Crippen molar-refractivity contribution in [3.63, 3.8) is 0 Å². The predicted molar refractivity (Wildman–Crippen MR) is 174 cm³/mol. The Bertz CT molecular complexity index is 1790. The summed E-state index contributed by atoms with van der Waals surface area (Å²) in [6, 6.07) is 25.0. The standard InChI is InChI=1S/C36H37F2N7O/c1-44(2)33(26-6-4-3-5-7-26)36(46)45-20-27(29(38)21-45)34-40-18-30(42-34)24-12-8-22(9-13-24)23-10-14-25(15-11-23)31-19-41-35(43-31)32-28(37)16-17-39-32/h3-15,18-19,27-29,32-33,39H,16-17,20-21H2,1-2H3,(H,40,42)(H,41,43)/t27-,28+,29+,32?,33+/m0/s1. The molecule has 2 aliphatic rings. The smallest absolute Gasteiger partial charge is 0.244 e. The van der Waals surface area contributed by atoms with Gasteiger partial charge in [-0.1, -0.05) is 78.9 Å². The van der Waals surface area contributed by atoms with E-state index in [0.717, 1.165) is 39.2 Å². The van der Waals surface area contributed by atoms with Crippen LogP contribution in [-0.4, -0.2) is 81.7 Å². The Morgan fingerprint density at radius 3 is 1.91 bits per heavy atom. The number of halogens is 2. The van der Waals surface area contributed by atoms with Crippen LogP contribution in [0.5, 0.6) is 0 Å². The van der Waals surface area contributed by atoms with Gasteiger partial charge in [-0.3, -0.25) is 9.69 Å². The molecule has 2 aliphatic heterocycles. The van der Waals surface area contributed by atoms with Gasteiger partial charge in [0.1, 0.15) is 30.0 Å². The van der Waals surface area contributed by atoms with Crippen LogP contribution in [0.15, 0.2) is 91.3 Å². The second kappa shape index (κ2) is 12.6. The van der Waals surface area contributed by atoms with Gasteiger partial charge in [0.05, 0.1) is 42.3 Å². The highest BCUT2D eigenvalue weighted by atomic mass is 19.1. The highest BCUT2D eigenvalue weighted by Crippen LogP contribution is 2.33. The first-order valence-electron chi connectivity index (χ1n) is 15.7. The average molecular weight is 622 g/mol. The zero-order chi connectivity index (χ0) is 31.8. The monoisotopic (exact) mass is 621 g/mol. The molecule has 0 radical (unpaired) electrons. The van der Waals surface area contributed by atoms with Crippen LogP contribution >= 0.6 is 0 Å². The zero-order valence-electron chi connectivity index (χ0n) is 25.8. The summed E-state index contributed by atoms with van der Waals surface area (Å²) in [5.41, 5.74) is 6.57. The number of carbonyl (C=O) groups is 1. The van der Waals surface area contributed by atoms with E-state index < -0.39 is 24.3 Å². The van der Waals surface area contributed by atoms with E-state index >= 15 is 4.39 Å². The molecule has 2 saturated heterocycles. The molecule has 4 heterocycles. The highest BCUT2D eigenvalue weighted by molar-refractivity contribution is 5.83. The normalized spacial score (nSPS) is 22.1. The van der Waals surface area contributed by atoms with Gasteiger partial charge in [-0.25, -0.2) is 18.7 Å². The molecule has 46 heavy (non-hydrogen) atoms. The second-order valence-electron chi connectivity index (χ2n) is 12.4. The number of hydrogen-bond acceptors (Lipinski definition) is 5. The van der Waals surface area contributed by atoms with E-state index in [1.54, 1.807) is 17.3 Å². The zero-order valence-corrected chi connectivity index (χ0v) is 25.8. The van der Waals surface area contributed by atoms with Crippen molar-refractivity contribution in [3.05, 3.63) is 108 Å². The van der Waals surface area contributed by atoms with Crippen molar-refractivity contribution in [3.8, 4) is 33.6 Å². The number of amides is 1. The van der Waals surface area contributed by atoms with Gasteiger partial charge in [0.25, 0.3) is 0 Å². The van der Waals surface area contributed by atoms with Gasteiger partial charge in [0, 0.05) is 6.54 Å². The summed E-state index contributed by atoms with van der Waals surface area (Å²) in [5.74, 6) is 0.546. The van der Waals surface area contributed by atoms with Crippen LogP contribution in [0.1, 0.15) is 41.6 Å². The molecule has 7 rings (SSSR count). The molecular weight excluding hydrogens is 584 g/mol. The number of nitrogens with one attached hydrogen (secondary N) is 3. The maximum Gasteiger partial charge on any atom is 0.244 e. The van der Waals surface area contributed by atoms with Crippen LogP contribution in [0, 0.1) is 0 Å². The van der Waals surface area contributed by atoms with E-state index in [9.17, 15) is 9.18 Å². The van der Waals surface area contributed by atoms with Crippen LogP contribution in [0.25, 0.3) is 33.6 Å². The second-order valence-corrected chi connectivity index (χ2v) is 12.4. The molecular formula is C36H37F2N7O. The van der Waals surface area contributed by atoms with Gasteiger partial charge in [-0.2, -0.15) is 0 Å². The Kier molecular flexibility index (Phi) is 8.23. The quantitative estimate of drug-likeness (QED) is 0.196. The molecule has 0 saturated carbocycles. The first-order valence-corrected chi connectivity index (χ1v) is 15.7. The molecule has 2 aromatic heterocycles. The number of likely N-dealkylation sites (tertiary alicyclic amines) is 1. The van der Waals surface area contributed by atoms with E-state index in [1.807, 2.05) is 85.7 Å². The topological polar surface area (TPSA) is 92.9 Å². The Balaban J connectivity index is 1.01. The Morgan fingerprint density at radius 1 is 0.783 bits per heavy atom. The van der Waals surface area contributed by atoms with Crippen molar-refractivity contribution in [1.29, 1.82) is 0 Å². The molecule has 5 aromatic rings. The third kappa shape index (κ3) is 5.86. The number of likely N-dealkylation sites (N-methyl/N-ethyl adjacent to an activating group) is 1. The van der Waals surface area contributed by atoms with E-state index in [0.29, 0.717) is 24.6 Å². The van der Waals surface area contributed by atoms with E-state index in [-0.39, 0.29) is 25.0 Å². The number of carbonyl (C=O) groups excluding carboxylic acids is 1. The number of aromatic amines is 2. The summed E-state index contributed by atoms with van der Waals surface area (Å²) in [6.45, 7) is 0.970. The molecule has 0 bridgehead atoms. The molecule has 3 N–H and O–H groups in total. The molecule has 5 atom stereocenters. The average Bonchev–Trinajstić information content (AvgIpc) is 3.89. The molecule has 10 heteroatoms. The summed E-state index contributed by atoms with van der Waals surface area (Å²) in [6.07, 6.45) is 1.85. The minimum absolute atomic E-state index is 0.0432. The predicted octanol–water partition coefficient (Wildman–Crippen LogP) is 6.07. The highest BCUT2D eigenvalue weighted by Gasteiger charge is 2.41. The number of H-pyrrole nitrogens is 2. The van der Waals surface area contributed by atoms with Crippen molar-refractivity contribution in [2.75, 3.05) is 33.7 Å². The van der Waals surface area contributed by atoms with Crippen molar-refractivity contribution in [2.24, 2.45) is 0 Å². The third-order valence-electron chi connectivity index (χ3n) is 9.13. The lowest BCUT2D eigenvalue weighted by atomic mass is 10.0. The fourth-order valence-corrected chi connectivity index (χ4v) is 6.61. The summed E-state index contributed by atoms with van der Waals surface area (Å²) in [5, 5.41) is 3.16. The van der Waals surface area contributed by atoms with Gasteiger partial charge >= 0.3 is 0 Å². The first-order chi connectivity index (χ1) is 22.4. The van der Waals surface area contributed by atoms with Crippen molar-refractivity contribution >= 4 is 5.91 Å². The van der Waals surface area contributed by atoms with Crippen LogP contribution in [0.4, 0.5) is 8.78 Å². The summed E-state index contributed by atoms with van der Waals surface area (Å²) < 4.78 is 29.5. The molecule has 1 unspecified atom stereocenters. The Hall–Kier alpha value is -4.67. The van der Waals surface area contributed by atoms with Crippen LogP contribution in [-0.2, 0) is 4.79 Å². The number of rotatable bonds is 8. The molecule has 8 nitrogen and oxygen atoms in total. The van der Waals surface area contributed by atoms with Gasteiger partial charge in [-0.05, 0) is 54.9 Å². The largest absolute Gasteiger partial charge is 0.342 e. The summed E-state index contributed by atoms with van der Waals surface area (Å²) >= 11 is 0. The number of imidazole rings is 2. The van der Waals surface area contributed by atoms with E-state index in [4.69, 9.17) is 0 Å². The fraction of sp³-hybridized carbons (Fsp3) is 0.306. The Morgan fingerprint density at radius 2 is 1.35 bits per heavy atom. The van der Waals surface area contributed by atoms with E-state index in [1.165, 1.54) is 0 Å². The molecule has 3 aromatic carbocycles. The van der Waals surface area contributed by atoms with Gasteiger partial charge in [0.15, 0.2) is 0 Å². The van der Waals surface area contributed by atoms with E-state index in [2.05, 4.69) is 37.4 Å². The number of benzene rings is 3. The minimum Gasteiger partial charge on any atom is -0.342 e. The van der Waals surface area contributed by atoms with Crippen LogP contribution in [0.2, 0.25) is 0 Å². The first kappa shape index (κ1) is 30.0. The minimum atomic E-state index is -1.21. The maximum absolute atomic E-state index is 15.3. The van der Waals surface area contributed by atoms with Crippen LogP contribution in [0.3, 0.4) is 0 Å². The van der Waals surface area contributed by atoms with Gasteiger partial charge < -0.3 is 20.2 Å². The van der Waals surface area contributed by atoms with Crippen molar-refractivity contribution in [1.82, 2.24) is 35.1 Å². The molecule has 2 fully saturated rings. The number of nitrogens with zero attached hydrogens (tertiary/aromatic N) is 4.